The first-order valence-corrected chi connectivity index (χ1v) is 13.6. The molecule has 0 bridgehead atoms. The largest absolute Gasteiger partial charge is 0.489 e. The van der Waals surface area contributed by atoms with Gasteiger partial charge in [-0.05, 0) is 55.2 Å². The van der Waals surface area contributed by atoms with Crippen molar-refractivity contribution in [3.8, 4) is 17.2 Å². The number of fused-ring (bicyclic) bond motifs is 2. The summed E-state index contributed by atoms with van der Waals surface area (Å²) in [6.07, 6.45) is 5.12. The van der Waals surface area contributed by atoms with Crippen LogP contribution >= 0.6 is 0 Å². The maximum absolute atomic E-state index is 13.9. The number of nitrogens with zero attached hydrogens (tertiary/aromatic N) is 3. The van der Waals surface area contributed by atoms with Crippen molar-refractivity contribution in [2.45, 2.75) is 38.5 Å². The van der Waals surface area contributed by atoms with Crippen molar-refractivity contribution in [3.05, 3.63) is 66.4 Å². The summed E-state index contributed by atoms with van der Waals surface area (Å²) in [4.78, 5) is 18.3. The molecule has 6 rings (SSSR count). The van der Waals surface area contributed by atoms with Gasteiger partial charge in [-0.15, -0.1) is 0 Å². The summed E-state index contributed by atoms with van der Waals surface area (Å²) in [6, 6.07) is 14.1. The van der Waals surface area contributed by atoms with Crippen molar-refractivity contribution < 1.29 is 23.7 Å². The molecule has 2 saturated heterocycles. The second-order valence-electron chi connectivity index (χ2n) is 10.2. The molecule has 0 aliphatic carbocycles. The third-order valence-electron chi connectivity index (χ3n) is 7.64. The zero-order valence-corrected chi connectivity index (χ0v) is 21.8. The van der Waals surface area contributed by atoms with Crippen LogP contribution in [0.5, 0.6) is 17.2 Å². The number of carbonyl (C=O) groups excluding carboxylic acids is 1. The number of rotatable bonds is 8. The SMILES string of the molecule is C=CCOc1cccc2c1cc(C(=O)N1CCN(Cc3ccc4c(c3)OCO4)CC1)n2CC1CCCCO1. The van der Waals surface area contributed by atoms with E-state index in [9.17, 15) is 4.79 Å². The van der Waals surface area contributed by atoms with Crippen molar-refractivity contribution in [1.29, 1.82) is 0 Å². The zero-order chi connectivity index (χ0) is 25.9. The van der Waals surface area contributed by atoms with Crippen LogP contribution < -0.4 is 14.2 Å². The number of benzene rings is 2. The van der Waals surface area contributed by atoms with Gasteiger partial charge in [-0.2, -0.15) is 0 Å². The fourth-order valence-corrected chi connectivity index (χ4v) is 5.63. The summed E-state index contributed by atoms with van der Waals surface area (Å²) >= 11 is 0. The van der Waals surface area contributed by atoms with Crippen LogP contribution in [0.1, 0.15) is 35.3 Å². The molecule has 3 aromatic rings. The quantitative estimate of drug-likeness (QED) is 0.411. The highest BCUT2D eigenvalue weighted by Gasteiger charge is 2.28. The minimum Gasteiger partial charge on any atom is -0.489 e. The van der Waals surface area contributed by atoms with E-state index in [1.54, 1.807) is 6.08 Å². The van der Waals surface area contributed by atoms with Crippen LogP contribution in [0.3, 0.4) is 0 Å². The van der Waals surface area contributed by atoms with Crippen LogP contribution in [0.4, 0.5) is 0 Å². The van der Waals surface area contributed by atoms with E-state index in [4.69, 9.17) is 18.9 Å². The summed E-state index contributed by atoms with van der Waals surface area (Å²) in [6.45, 7) is 9.75. The van der Waals surface area contributed by atoms with E-state index < -0.39 is 0 Å². The minimum atomic E-state index is 0.0643. The molecule has 8 heteroatoms. The lowest BCUT2D eigenvalue weighted by molar-refractivity contribution is 0.00610. The van der Waals surface area contributed by atoms with Gasteiger partial charge in [0.15, 0.2) is 11.5 Å². The zero-order valence-electron chi connectivity index (χ0n) is 21.8. The normalized spacial score (nSPS) is 19.6. The monoisotopic (exact) mass is 517 g/mol. The topological polar surface area (TPSA) is 65.4 Å². The van der Waals surface area contributed by atoms with Gasteiger partial charge in [0.2, 0.25) is 6.79 Å². The van der Waals surface area contributed by atoms with Gasteiger partial charge in [-0.25, -0.2) is 0 Å². The Labute approximate surface area is 223 Å². The van der Waals surface area contributed by atoms with E-state index >= 15 is 0 Å². The van der Waals surface area contributed by atoms with Gasteiger partial charge in [0.1, 0.15) is 18.1 Å². The Kier molecular flexibility index (Phi) is 7.25. The predicted molar refractivity (Wildman–Crippen MR) is 145 cm³/mol. The Morgan fingerprint density at radius 2 is 1.92 bits per heavy atom. The number of hydrogen-bond donors (Lipinski definition) is 0. The van der Waals surface area contributed by atoms with Crippen molar-refractivity contribution in [2.24, 2.45) is 0 Å². The molecule has 8 nitrogen and oxygen atoms in total. The molecule has 4 heterocycles. The highest BCUT2D eigenvalue weighted by Crippen LogP contribution is 2.33. The van der Waals surface area contributed by atoms with Crippen molar-refractivity contribution in [2.75, 3.05) is 46.2 Å². The van der Waals surface area contributed by atoms with Gasteiger partial charge in [0.05, 0.1) is 11.6 Å². The Bertz CT molecular complexity index is 1300. The van der Waals surface area contributed by atoms with E-state index in [0.717, 1.165) is 73.7 Å². The van der Waals surface area contributed by atoms with Crippen LogP contribution in [0.15, 0.2) is 55.1 Å². The lowest BCUT2D eigenvalue weighted by atomic mass is 10.1. The number of hydrogen-bond acceptors (Lipinski definition) is 6. The third-order valence-corrected chi connectivity index (χ3v) is 7.64. The molecule has 1 unspecified atom stereocenters. The van der Waals surface area contributed by atoms with E-state index in [1.165, 1.54) is 5.56 Å². The van der Waals surface area contributed by atoms with E-state index in [1.807, 2.05) is 29.2 Å². The minimum absolute atomic E-state index is 0.0643. The lowest BCUT2D eigenvalue weighted by Crippen LogP contribution is -2.48. The van der Waals surface area contributed by atoms with Gasteiger partial charge in [0.25, 0.3) is 5.91 Å². The van der Waals surface area contributed by atoms with E-state index in [0.29, 0.717) is 31.9 Å². The number of carbonyl (C=O) groups is 1. The van der Waals surface area contributed by atoms with Gasteiger partial charge in [0, 0.05) is 51.3 Å². The first-order valence-electron chi connectivity index (χ1n) is 13.6. The molecule has 2 fully saturated rings. The first-order chi connectivity index (χ1) is 18.7. The number of ether oxygens (including phenoxy) is 4. The molecule has 1 amide bonds. The first kappa shape index (κ1) is 24.8. The van der Waals surface area contributed by atoms with Crippen LogP contribution in [0, 0.1) is 0 Å². The summed E-state index contributed by atoms with van der Waals surface area (Å²) in [7, 11) is 0. The maximum Gasteiger partial charge on any atom is 0.270 e. The van der Waals surface area contributed by atoms with E-state index in [-0.39, 0.29) is 18.8 Å². The maximum atomic E-state index is 13.9. The molecular formula is C30H35N3O5. The summed E-state index contributed by atoms with van der Waals surface area (Å²) in [5, 5.41) is 0.954. The number of piperazine rings is 1. The molecule has 2 aromatic carbocycles. The van der Waals surface area contributed by atoms with Crippen molar-refractivity contribution in [3.63, 3.8) is 0 Å². The average Bonchev–Trinajstić information content (AvgIpc) is 3.57. The molecule has 38 heavy (non-hydrogen) atoms. The van der Waals surface area contributed by atoms with Crippen LogP contribution in [0.25, 0.3) is 10.9 Å². The smallest absolute Gasteiger partial charge is 0.270 e. The summed E-state index contributed by atoms with van der Waals surface area (Å²) < 4.78 is 25.1. The highest BCUT2D eigenvalue weighted by atomic mass is 16.7. The molecule has 0 N–H and O–H groups in total. The van der Waals surface area contributed by atoms with Crippen LogP contribution in [0.2, 0.25) is 0 Å². The Morgan fingerprint density at radius 1 is 1.05 bits per heavy atom. The van der Waals surface area contributed by atoms with Crippen molar-refractivity contribution >= 4 is 16.8 Å². The molecule has 1 atom stereocenters. The second-order valence-corrected chi connectivity index (χ2v) is 10.2. The van der Waals surface area contributed by atoms with Gasteiger partial charge >= 0.3 is 0 Å². The molecular weight excluding hydrogens is 482 g/mol. The number of aromatic nitrogens is 1. The third kappa shape index (κ3) is 5.11. The van der Waals surface area contributed by atoms with Gasteiger partial charge in [-0.1, -0.05) is 24.8 Å². The van der Waals surface area contributed by atoms with Crippen LogP contribution in [-0.4, -0.2) is 72.6 Å². The fourth-order valence-electron chi connectivity index (χ4n) is 5.63. The Balaban J connectivity index is 1.19. The summed E-state index contributed by atoms with van der Waals surface area (Å²) in [5.74, 6) is 2.45. The second kappa shape index (κ2) is 11.1. The molecule has 0 saturated carbocycles. The average molecular weight is 518 g/mol. The lowest BCUT2D eigenvalue weighted by Gasteiger charge is -2.35. The fraction of sp³-hybridized carbons (Fsp3) is 0.433. The number of amides is 1. The molecule has 200 valence electrons. The molecule has 3 aliphatic heterocycles. The van der Waals surface area contributed by atoms with Gasteiger partial charge < -0.3 is 28.4 Å². The molecule has 0 radical (unpaired) electrons. The Hall–Kier alpha value is -3.49. The summed E-state index contributed by atoms with van der Waals surface area (Å²) in [5.41, 5.74) is 2.90. The van der Waals surface area contributed by atoms with Crippen LogP contribution in [-0.2, 0) is 17.8 Å². The Morgan fingerprint density at radius 3 is 2.74 bits per heavy atom. The molecule has 3 aliphatic rings. The predicted octanol–water partition coefficient (Wildman–Crippen LogP) is 4.46. The van der Waals surface area contributed by atoms with E-state index in [2.05, 4.69) is 34.2 Å². The molecule has 0 spiro atoms. The highest BCUT2D eigenvalue weighted by molar-refractivity contribution is 6.00. The standard InChI is InChI=1S/C30H35N3O5/c1-2-15-36-27-8-5-7-25-24(27)18-26(33(25)20-23-6-3-4-16-35-23)30(34)32-13-11-31(12-14-32)19-22-9-10-28-29(17-22)38-21-37-28/h2,5,7-10,17-18,23H,1,3-4,6,11-16,19-21H2. The molecule has 1 aromatic heterocycles. The van der Waals surface area contributed by atoms with Crippen molar-refractivity contribution in [1.82, 2.24) is 14.4 Å². The van der Waals surface area contributed by atoms with Gasteiger partial charge in [-0.3, -0.25) is 9.69 Å².